The number of hydrogen-bond acceptors (Lipinski definition) is 6. The number of nitrogens with zero attached hydrogens (tertiary/aromatic N) is 2. The Morgan fingerprint density at radius 1 is 1.42 bits per heavy atom. The molecule has 0 amide bonds. The van der Waals surface area contributed by atoms with Gasteiger partial charge < -0.3 is 4.74 Å². The Morgan fingerprint density at radius 3 is 2.92 bits per heavy atom. The number of sulfone groups is 1. The molecular weight excluding hydrogens is 332 g/mol. The highest BCUT2D eigenvalue weighted by molar-refractivity contribution is 7.91. The standard InChI is InChI=1S/C16H18N2O5S/c1-11-3-2-4-14-17-13(8-15(19)18(11)14)9-23-16(20)7-12-5-6-24(21,22)10-12/h2-4,8,12H,5-7,9-10H2,1H3/t12-/m0/s1. The summed E-state index contributed by atoms with van der Waals surface area (Å²) in [5, 5.41) is 0. The van der Waals surface area contributed by atoms with E-state index < -0.39 is 15.8 Å². The molecule has 0 radical (unpaired) electrons. The number of esters is 1. The minimum Gasteiger partial charge on any atom is -0.459 e. The van der Waals surface area contributed by atoms with Gasteiger partial charge in [0.15, 0.2) is 9.84 Å². The van der Waals surface area contributed by atoms with Crippen LogP contribution in [0.5, 0.6) is 0 Å². The quantitative estimate of drug-likeness (QED) is 0.760. The molecule has 0 aliphatic carbocycles. The molecule has 0 unspecified atom stereocenters. The van der Waals surface area contributed by atoms with Crippen LogP contribution in [-0.4, -0.2) is 35.3 Å². The van der Waals surface area contributed by atoms with Crippen molar-refractivity contribution in [1.82, 2.24) is 9.38 Å². The van der Waals surface area contributed by atoms with Crippen LogP contribution in [0.1, 0.15) is 24.2 Å². The Balaban J connectivity index is 1.66. The fourth-order valence-corrected chi connectivity index (χ4v) is 4.78. The van der Waals surface area contributed by atoms with E-state index in [0.717, 1.165) is 5.69 Å². The molecule has 0 bridgehead atoms. The van der Waals surface area contributed by atoms with E-state index in [2.05, 4.69) is 4.98 Å². The zero-order valence-corrected chi connectivity index (χ0v) is 14.1. The van der Waals surface area contributed by atoms with Crippen LogP contribution in [0.25, 0.3) is 5.65 Å². The first kappa shape index (κ1) is 16.6. The summed E-state index contributed by atoms with van der Waals surface area (Å²) < 4.78 is 29.4. The number of aromatic nitrogens is 2. The largest absolute Gasteiger partial charge is 0.459 e. The van der Waals surface area contributed by atoms with E-state index in [1.807, 2.05) is 13.0 Å². The molecule has 0 saturated carbocycles. The van der Waals surface area contributed by atoms with Crippen LogP contribution in [0.4, 0.5) is 0 Å². The van der Waals surface area contributed by atoms with Crippen LogP contribution in [0.2, 0.25) is 0 Å². The lowest BCUT2D eigenvalue weighted by atomic mass is 10.1. The van der Waals surface area contributed by atoms with E-state index in [1.165, 1.54) is 10.5 Å². The van der Waals surface area contributed by atoms with Crippen LogP contribution in [0.15, 0.2) is 29.1 Å². The lowest BCUT2D eigenvalue weighted by molar-refractivity contribution is -0.146. The number of rotatable bonds is 4. The van der Waals surface area contributed by atoms with Crippen LogP contribution in [-0.2, 0) is 26.0 Å². The number of hydrogen-bond donors (Lipinski definition) is 0. The second-order valence-corrected chi connectivity index (χ2v) is 8.31. The monoisotopic (exact) mass is 350 g/mol. The summed E-state index contributed by atoms with van der Waals surface area (Å²) in [6.07, 6.45) is 0.567. The molecule has 1 atom stereocenters. The number of fused-ring (bicyclic) bond motifs is 1. The van der Waals surface area contributed by atoms with Crippen molar-refractivity contribution in [3.63, 3.8) is 0 Å². The van der Waals surface area contributed by atoms with Crippen LogP contribution < -0.4 is 5.56 Å². The first-order valence-corrected chi connectivity index (χ1v) is 9.50. The van der Waals surface area contributed by atoms with Crippen molar-refractivity contribution in [2.24, 2.45) is 5.92 Å². The lowest BCUT2D eigenvalue weighted by Gasteiger charge is -2.09. The summed E-state index contributed by atoms with van der Waals surface area (Å²) in [4.78, 5) is 28.3. The Kier molecular flexibility index (Phi) is 4.40. The van der Waals surface area contributed by atoms with E-state index in [4.69, 9.17) is 4.74 Å². The highest BCUT2D eigenvalue weighted by atomic mass is 32.2. The third-order valence-corrected chi connectivity index (χ3v) is 5.93. The average Bonchev–Trinajstić information content (AvgIpc) is 2.84. The second-order valence-electron chi connectivity index (χ2n) is 6.08. The van der Waals surface area contributed by atoms with Crippen molar-refractivity contribution in [3.8, 4) is 0 Å². The van der Waals surface area contributed by atoms with Gasteiger partial charge >= 0.3 is 5.97 Å². The van der Waals surface area contributed by atoms with E-state index in [9.17, 15) is 18.0 Å². The summed E-state index contributed by atoms with van der Waals surface area (Å²) in [5.41, 5.74) is 1.41. The van der Waals surface area contributed by atoms with Crippen molar-refractivity contribution in [3.05, 3.63) is 46.0 Å². The molecule has 0 aromatic carbocycles. The molecule has 3 heterocycles. The normalized spacial score (nSPS) is 19.5. The summed E-state index contributed by atoms with van der Waals surface area (Å²) in [5.74, 6) is -0.478. The minimum absolute atomic E-state index is 0.0386. The Bertz CT molecular complexity index is 949. The van der Waals surface area contributed by atoms with Crippen LogP contribution in [0.3, 0.4) is 0 Å². The molecule has 1 aliphatic heterocycles. The predicted octanol–water partition coefficient (Wildman–Crippen LogP) is 0.871. The van der Waals surface area contributed by atoms with Crippen molar-refractivity contribution in [2.45, 2.75) is 26.4 Å². The minimum atomic E-state index is -3.01. The molecule has 1 saturated heterocycles. The van der Waals surface area contributed by atoms with E-state index in [-0.39, 0.29) is 36.0 Å². The molecule has 128 valence electrons. The number of carbonyl (C=O) groups is 1. The molecule has 0 N–H and O–H groups in total. The van der Waals surface area contributed by atoms with Gasteiger partial charge in [0.05, 0.1) is 17.2 Å². The zero-order chi connectivity index (χ0) is 17.3. The maximum Gasteiger partial charge on any atom is 0.306 e. The van der Waals surface area contributed by atoms with Gasteiger partial charge in [0.25, 0.3) is 5.56 Å². The Labute approximate surface area is 139 Å². The average molecular weight is 350 g/mol. The first-order chi connectivity index (χ1) is 11.3. The third-order valence-electron chi connectivity index (χ3n) is 4.10. The summed E-state index contributed by atoms with van der Waals surface area (Å²) in [7, 11) is -3.01. The maximum atomic E-state index is 12.1. The third kappa shape index (κ3) is 3.64. The highest BCUT2D eigenvalue weighted by Gasteiger charge is 2.29. The SMILES string of the molecule is Cc1cccc2nc(COC(=O)C[C@@H]3CCS(=O)(=O)C3)cc(=O)n12. The van der Waals surface area contributed by atoms with Gasteiger partial charge in [-0.2, -0.15) is 0 Å². The lowest BCUT2D eigenvalue weighted by Crippen LogP contribution is -2.19. The molecule has 2 aromatic heterocycles. The maximum absolute atomic E-state index is 12.1. The number of pyridine rings is 1. The summed E-state index contributed by atoms with van der Waals surface area (Å²) in [6.45, 7) is 1.71. The van der Waals surface area contributed by atoms with E-state index in [0.29, 0.717) is 17.8 Å². The Hall–Kier alpha value is -2.22. The molecular formula is C16H18N2O5S. The predicted molar refractivity (Wildman–Crippen MR) is 87.4 cm³/mol. The van der Waals surface area contributed by atoms with Gasteiger partial charge in [-0.3, -0.25) is 14.0 Å². The highest BCUT2D eigenvalue weighted by Crippen LogP contribution is 2.22. The topological polar surface area (TPSA) is 94.8 Å². The number of aryl methyl sites for hydroxylation is 1. The zero-order valence-electron chi connectivity index (χ0n) is 13.3. The fraction of sp³-hybridized carbons (Fsp3) is 0.438. The van der Waals surface area contributed by atoms with Crippen molar-refractivity contribution < 1.29 is 17.9 Å². The van der Waals surface area contributed by atoms with Gasteiger partial charge in [0.1, 0.15) is 12.3 Å². The van der Waals surface area contributed by atoms with E-state index >= 15 is 0 Å². The molecule has 1 aliphatic rings. The molecule has 8 heteroatoms. The molecule has 1 fully saturated rings. The van der Waals surface area contributed by atoms with Crippen LogP contribution in [0, 0.1) is 12.8 Å². The first-order valence-electron chi connectivity index (χ1n) is 7.68. The van der Waals surface area contributed by atoms with Gasteiger partial charge in [-0.05, 0) is 31.4 Å². The van der Waals surface area contributed by atoms with E-state index in [1.54, 1.807) is 12.1 Å². The smallest absolute Gasteiger partial charge is 0.306 e. The molecule has 3 rings (SSSR count). The number of carbonyl (C=O) groups excluding carboxylic acids is 1. The van der Waals surface area contributed by atoms with Crippen LogP contribution >= 0.6 is 0 Å². The second kappa shape index (κ2) is 6.35. The number of ether oxygens (including phenoxy) is 1. The molecule has 24 heavy (non-hydrogen) atoms. The van der Waals surface area contributed by atoms with Gasteiger partial charge in [0, 0.05) is 18.2 Å². The summed E-state index contributed by atoms with van der Waals surface area (Å²) in [6, 6.07) is 6.66. The van der Waals surface area contributed by atoms with Gasteiger partial charge in [-0.1, -0.05) is 6.07 Å². The van der Waals surface area contributed by atoms with Gasteiger partial charge in [-0.25, -0.2) is 13.4 Å². The molecule has 0 spiro atoms. The van der Waals surface area contributed by atoms with Crippen molar-refractivity contribution >= 4 is 21.5 Å². The summed E-state index contributed by atoms with van der Waals surface area (Å²) >= 11 is 0. The van der Waals surface area contributed by atoms with Crippen molar-refractivity contribution in [1.29, 1.82) is 0 Å². The Morgan fingerprint density at radius 2 is 2.21 bits per heavy atom. The fourth-order valence-electron chi connectivity index (χ4n) is 2.92. The van der Waals surface area contributed by atoms with Gasteiger partial charge in [-0.15, -0.1) is 0 Å². The van der Waals surface area contributed by atoms with Crippen molar-refractivity contribution in [2.75, 3.05) is 11.5 Å². The molecule has 7 nitrogen and oxygen atoms in total. The van der Waals surface area contributed by atoms with Gasteiger partial charge in [0.2, 0.25) is 0 Å². The molecule has 2 aromatic rings.